The smallest absolute Gasteiger partial charge is 0.408 e. The van der Waals surface area contributed by atoms with E-state index in [9.17, 15) is 4.79 Å². The summed E-state index contributed by atoms with van der Waals surface area (Å²) in [6.45, 7) is -0.0260. The van der Waals surface area contributed by atoms with Gasteiger partial charge < -0.3 is 20.1 Å². The number of aromatic nitrogens is 7. The van der Waals surface area contributed by atoms with Crippen LogP contribution in [0.1, 0.15) is 31.1 Å². The molecule has 5 heterocycles. The van der Waals surface area contributed by atoms with Crippen LogP contribution < -0.4 is 10.6 Å². The molecule has 36 heavy (non-hydrogen) atoms. The van der Waals surface area contributed by atoms with Gasteiger partial charge in [0.15, 0.2) is 23.9 Å². The molecule has 4 aliphatic rings. The molecular formula is C23H24FN9O3. The highest BCUT2D eigenvalue weighted by Crippen LogP contribution is 2.57. The van der Waals surface area contributed by atoms with Crippen LogP contribution in [0.2, 0.25) is 0 Å². The number of alkyl carbamates (subject to hydrolysis) is 1. The van der Waals surface area contributed by atoms with Gasteiger partial charge in [-0.15, -0.1) is 0 Å². The van der Waals surface area contributed by atoms with Crippen LogP contribution >= 0.6 is 0 Å². The second-order valence-corrected chi connectivity index (χ2v) is 9.90. The van der Waals surface area contributed by atoms with Crippen molar-refractivity contribution < 1.29 is 18.7 Å². The molecule has 1 aliphatic heterocycles. The van der Waals surface area contributed by atoms with Crippen molar-refractivity contribution in [1.82, 2.24) is 39.9 Å². The molecule has 4 fully saturated rings. The minimum absolute atomic E-state index is 0.0260. The van der Waals surface area contributed by atoms with Gasteiger partial charge in [0.2, 0.25) is 0 Å². The molecule has 1 saturated heterocycles. The monoisotopic (exact) mass is 493 g/mol. The molecule has 4 aromatic rings. The number of anilines is 2. The Balaban J connectivity index is 1.06. The summed E-state index contributed by atoms with van der Waals surface area (Å²) in [5.41, 5.74) is 2.57. The first-order valence-electron chi connectivity index (χ1n) is 11.8. The van der Waals surface area contributed by atoms with E-state index in [-0.39, 0.29) is 12.1 Å². The van der Waals surface area contributed by atoms with Gasteiger partial charge in [-0.05, 0) is 31.2 Å². The number of alkyl halides is 1. The number of amides is 1. The standard InChI is InChI=1S/C23H24FN9O3/c1-32-9-13(8-26-32)15-10-33-16(2-3-25-33)21(27-15)28-18-4-14(30-31-18)20-19(24)17(11-35-20)36-22(34)29-23-5-12(6-23)7-23/h2-4,8-10,12,17,19-20H,5-7,11H2,1H3,(H,29,34)(H2,27,28,30,31)/t12?,17-,19-,20-,23?/m0/s1. The number of hydrogen-bond acceptors (Lipinski definition) is 8. The van der Waals surface area contributed by atoms with Gasteiger partial charge in [-0.25, -0.2) is 18.7 Å². The molecule has 3 atom stereocenters. The van der Waals surface area contributed by atoms with Crippen LogP contribution in [0.4, 0.5) is 20.8 Å². The number of hydrogen-bond donors (Lipinski definition) is 3. The molecule has 0 unspecified atom stereocenters. The summed E-state index contributed by atoms with van der Waals surface area (Å²) in [4.78, 5) is 17.0. The average molecular weight is 494 g/mol. The molecule has 1 amide bonds. The lowest BCUT2D eigenvalue weighted by atomic mass is 9.50. The van der Waals surface area contributed by atoms with Crippen LogP contribution in [0.25, 0.3) is 16.8 Å². The van der Waals surface area contributed by atoms with E-state index >= 15 is 4.39 Å². The van der Waals surface area contributed by atoms with Crippen LogP contribution in [0.5, 0.6) is 0 Å². The minimum Gasteiger partial charge on any atom is -0.441 e. The highest BCUT2D eigenvalue weighted by Gasteiger charge is 2.58. The number of fused-ring (bicyclic) bond motifs is 1. The van der Waals surface area contributed by atoms with E-state index in [1.54, 1.807) is 27.7 Å². The third kappa shape index (κ3) is 3.49. The van der Waals surface area contributed by atoms with Gasteiger partial charge in [-0.2, -0.15) is 15.3 Å². The van der Waals surface area contributed by atoms with E-state index in [0.717, 1.165) is 36.3 Å². The van der Waals surface area contributed by atoms with Gasteiger partial charge in [-0.1, -0.05) is 0 Å². The summed E-state index contributed by atoms with van der Waals surface area (Å²) in [6.07, 6.45) is 6.03. The SMILES string of the molecule is Cn1cc(-c2cn3nccc3c(Nc3cc([C@@H]4OC[C@H](OC(=O)NC56CC(C5)C6)[C@@H]4F)[nH]n3)n2)cn1. The minimum atomic E-state index is -1.52. The Morgan fingerprint density at radius 2 is 2.17 bits per heavy atom. The first-order chi connectivity index (χ1) is 17.4. The molecule has 0 aromatic carbocycles. The summed E-state index contributed by atoms with van der Waals surface area (Å²) in [7, 11) is 1.84. The second-order valence-electron chi connectivity index (χ2n) is 9.90. The van der Waals surface area contributed by atoms with E-state index < -0.39 is 24.5 Å². The third-order valence-corrected chi connectivity index (χ3v) is 7.29. The Morgan fingerprint density at radius 1 is 1.31 bits per heavy atom. The zero-order valence-electron chi connectivity index (χ0n) is 19.4. The molecule has 186 valence electrons. The summed E-state index contributed by atoms with van der Waals surface area (Å²) in [5.74, 6) is 1.69. The normalized spacial score (nSPS) is 28.5. The summed E-state index contributed by atoms with van der Waals surface area (Å²) >= 11 is 0. The first kappa shape index (κ1) is 21.3. The second kappa shape index (κ2) is 7.75. The van der Waals surface area contributed by atoms with Gasteiger partial charge in [0.1, 0.15) is 11.6 Å². The third-order valence-electron chi connectivity index (χ3n) is 7.29. The molecule has 8 rings (SSSR count). The van der Waals surface area contributed by atoms with Crippen molar-refractivity contribution in [2.45, 2.75) is 43.2 Å². The molecule has 3 aliphatic carbocycles. The van der Waals surface area contributed by atoms with Crippen molar-refractivity contribution in [2.75, 3.05) is 11.9 Å². The lowest BCUT2D eigenvalue weighted by molar-refractivity contribution is -0.0528. The molecule has 0 spiro atoms. The molecular weight excluding hydrogens is 469 g/mol. The maximum Gasteiger partial charge on any atom is 0.408 e. The number of carbonyl (C=O) groups excluding carboxylic acids is 1. The average Bonchev–Trinajstić information content (AvgIpc) is 3.59. The highest BCUT2D eigenvalue weighted by atomic mass is 19.1. The number of nitrogens with zero attached hydrogens (tertiary/aromatic N) is 6. The maximum atomic E-state index is 15.2. The molecule has 4 aromatic heterocycles. The number of rotatable bonds is 6. The number of aromatic amines is 1. The predicted molar refractivity (Wildman–Crippen MR) is 124 cm³/mol. The molecule has 2 bridgehead atoms. The van der Waals surface area contributed by atoms with Crippen LogP contribution in [0.15, 0.2) is 36.9 Å². The lowest BCUT2D eigenvalue weighted by Crippen LogP contribution is -2.68. The Kier molecular flexibility index (Phi) is 4.58. The quantitative estimate of drug-likeness (QED) is 0.373. The number of H-pyrrole nitrogens is 1. The molecule has 12 nitrogen and oxygen atoms in total. The Bertz CT molecular complexity index is 1440. The number of nitrogens with one attached hydrogen (secondary N) is 3. The fourth-order valence-corrected chi connectivity index (χ4v) is 5.33. The highest BCUT2D eigenvalue weighted by molar-refractivity contribution is 5.75. The molecule has 3 saturated carbocycles. The van der Waals surface area contributed by atoms with Crippen molar-refractivity contribution in [2.24, 2.45) is 13.0 Å². The van der Waals surface area contributed by atoms with Gasteiger partial charge in [0.25, 0.3) is 0 Å². The van der Waals surface area contributed by atoms with Crippen LogP contribution in [-0.2, 0) is 16.5 Å². The maximum absolute atomic E-state index is 15.2. The number of aryl methyl sites for hydroxylation is 1. The Labute approximate surface area is 204 Å². The van der Waals surface area contributed by atoms with Gasteiger partial charge >= 0.3 is 6.09 Å². The predicted octanol–water partition coefficient (Wildman–Crippen LogP) is 2.65. The molecule has 0 radical (unpaired) electrons. The summed E-state index contributed by atoms with van der Waals surface area (Å²) in [5, 5.41) is 21.7. The molecule has 3 N–H and O–H groups in total. The van der Waals surface area contributed by atoms with E-state index in [2.05, 4.69) is 31.0 Å². The van der Waals surface area contributed by atoms with Gasteiger partial charge in [0.05, 0.1) is 36.6 Å². The van der Waals surface area contributed by atoms with Crippen LogP contribution in [0.3, 0.4) is 0 Å². The van der Waals surface area contributed by atoms with Crippen molar-refractivity contribution in [3.05, 3.63) is 42.6 Å². The van der Waals surface area contributed by atoms with Crippen LogP contribution in [-0.4, -0.2) is 65.1 Å². The van der Waals surface area contributed by atoms with E-state index in [1.165, 1.54) is 0 Å². The zero-order valence-corrected chi connectivity index (χ0v) is 19.4. The molecule has 13 heteroatoms. The van der Waals surface area contributed by atoms with Crippen molar-refractivity contribution in [3.8, 4) is 11.3 Å². The van der Waals surface area contributed by atoms with Gasteiger partial charge in [0, 0.05) is 30.4 Å². The van der Waals surface area contributed by atoms with E-state index in [0.29, 0.717) is 23.0 Å². The number of halogens is 1. The Hall–Kier alpha value is -4.00. The van der Waals surface area contributed by atoms with Crippen molar-refractivity contribution in [3.63, 3.8) is 0 Å². The van der Waals surface area contributed by atoms with E-state index in [1.807, 2.05) is 25.5 Å². The summed E-state index contributed by atoms with van der Waals surface area (Å²) < 4.78 is 29.5. The largest absolute Gasteiger partial charge is 0.441 e. The number of ether oxygens (including phenoxy) is 2. The zero-order chi connectivity index (χ0) is 24.4. The fourth-order valence-electron chi connectivity index (χ4n) is 5.33. The Morgan fingerprint density at radius 3 is 2.92 bits per heavy atom. The van der Waals surface area contributed by atoms with E-state index in [4.69, 9.17) is 14.5 Å². The lowest BCUT2D eigenvalue weighted by Gasteiger charge is -2.61. The van der Waals surface area contributed by atoms with Crippen molar-refractivity contribution >= 4 is 23.2 Å². The topological polar surface area (TPSA) is 136 Å². The fraction of sp³-hybridized carbons (Fsp3) is 0.435. The summed E-state index contributed by atoms with van der Waals surface area (Å²) in [6, 6.07) is 3.49. The first-order valence-corrected chi connectivity index (χ1v) is 11.8. The van der Waals surface area contributed by atoms with Crippen LogP contribution in [0, 0.1) is 5.92 Å². The van der Waals surface area contributed by atoms with Crippen molar-refractivity contribution in [1.29, 1.82) is 0 Å². The number of carbonyl (C=O) groups is 1. The van der Waals surface area contributed by atoms with Gasteiger partial charge in [-0.3, -0.25) is 9.78 Å².